The van der Waals surface area contributed by atoms with Gasteiger partial charge in [0.1, 0.15) is 5.75 Å². The number of nitrogens with two attached hydrogens (primary N) is 1. The van der Waals surface area contributed by atoms with Gasteiger partial charge in [-0.3, -0.25) is 0 Å². The molecule has 0 amide bonds. The van der Waals surface area contributed by atoms with Crippen LogP contribution >= 0.6 is 0 Å². The van der Waals surface area contributed by atoms with Crippen LogP contribution in [0.15, 0.2) is 24.3 Å². The summed E-state index contributed by atoms with van der Waals surface area (Å²) < 4.78 is 7.04. The Balaban J connectivity index is 2.35. The third-order valence-corrected chi connectivity index (χ3v) is 2.45. The van der Waals surface area contributed by atoms with Gasteiger partial charge in [-0.2, -0.15) is 0 Å². The predicted octanol–water partition coefficient (Wildman–Crippen LogP) is 0.697. The van der Waals surface area contributed by atoms with Crippen LogP contribution in [0.3, 0.4) is 0 Å². The van der Waals surface area contributed by atoms with Gasteiger partial charge in [0.2, 0.25) is 0 Å². The highest BCUT2D eigenvalue weighted by atomic mass is 16.5. The van der Waals surface area contributed by atoms with Crippen molar-refractivity contribution in [2.75, 3.05) is 13.7 Å². The Morgan fingerprint density at radius 3 is 2.94 bits per heavy atom. The van der Waals surface area contributed by atoms with E-state index in [0.29, 0.717) is 18.9 Å². The van der Waals surface area contributed by atoms with E-state index in [1.807, 2.05) is 24.3 Å². The fourth-order valence-electron chi connectivity index (χ4n) is 1.62. The molecule has 1 aromatic carbocycles. The van der Waals surface area contributed by atoms with Crippen LogP contribution in [-0.2, 0) is 6.54 Å². The molecule has 2 N–H and O–H groups in total. The van der Waals surface area contributed by atoms with E-state index in [9.17, 15) is 0 Å². The number of hydrogen-bond acceptors (Lipinski definition) is 5. The van der Waals surface area contributed by atoms with Crippen LogP contribution in [0.2, 0.25) is 0 Å². The van der Waals surface area contributed by atoms with E-state index < -0.39 is 0 Å². The van der Waals surface area contributed by atoms with E-state index in [1.54, 1.807) is 11.8 Å². The second-order valence-corrected chi connectivity index (χ2v) is 3.57. The molecule has 6 heteroatoms. The lowest BCUT2D eigenvalue weighted by Gasteiger charge is -2.07. The molecule has 0 radical (unpaired) electrons. The molecule has 1 aromatic heterocycles. The van der Waals surface area contributed by atoms with E-state index in [4.69, 9.17) is 10.5 Å². The summed E-state index contributed by atoms with van der Waals surface area (Å²) in [6.07, 6.45) is 0.840. The summed E-state index contributed by atoms with van der Waals surface area (Å²) >= 11 is 0. The molecule has 0 aliphatic rings. The average Bonchev–Trinajstić information content (AvgIpc) is 2.84. The molecule has 0 aliphatic heterocycles. The summed E-state index contributed by atoms with van der Waals surface area (Å²) in [7, 11) is 1.63. The van der Waals surface area contributed by atoms with Crippen LogP contribution in [0, 0.1) is 0 Å². The Morgan fingerprint density at radius 1 is 1.35 bits per heavy atom. The van der Waals surface area contributed by atoms with Gasteiger partial charge >= 0.3 is 0 Å². The summed E-state index contributed by atoms with van der Waals surface area (Å²) in [5.74, 6) is 1.46. The predicted molar refractivity (Wildman–Crippen MR) is 63.5 cm³/mol. The maximum Gasteiger partial charge on any atom is 0.185 e. The van der Waals surface area contributed by atoms with Crippen molar-refractivity contribution in [1.29, 1.82) is 0 Å². The molecular formula is C11H15N5O. The van der Waals surface area contributed by atoms with Gasteiger partial charge in [0, 0.05) is 6.54 Å². The van der Waals surface area contributed by atoms with Gasteiger partial charge in [-0.05, 0) is 35.5 Å². The largest absolute Gasteiger partial charge is 0.496 e. The molecule has 0 spiro atoms. The van der Waals surface area contributed by atoms with Crippen LogP contribution in [0.1, 0.15) is 6.42 Å². The van der Waals surface area contributed by atoms with Gasteiger partial charge in [0.15, 0.2) is 5.82 Å². The third-order valence-electron chi connectivity index (χ3n) is 2.45. The molecule has 1 heterocycles. The number of rotatable bonds is 5. The first-order chi connectivity index (χ1) is 8.36. The van der Waals surface area contributed by atoms with E-state index >= 15 is 0 Å². The second-order valence-electron chi connectivity index (χ2n) is 3.57. The number of aromatic nitrogens is 4. The lowest BCUT2D eigenvalue weighted by Crippen LogP contribution is -2.08. The van der Waals surface area contributed by atoms with Crippen LogP contribution in [0.5, 0.6) is 5.75 Å². The molecule has 2 rings (SSSR count). The number of methoxy groups -OCH3 is 1. The SMILES string of the molecule is COc1ccccc1-c1nnnn1CCCN. The number of para-hydroxylation sites is 1. The van der Waals surface area contributed by atoms with Gasteiger partial charge < -0.3 is 10.5 Å². The average molecular weight is 233 g/mol. The number of tetrazole rings is 1. The van der Waals surface area contributed by atoms with Crippen molar-refractivity contribution in [3.05, 3.63) is 24.3 Å². The normalized spacial score (nSPS) is 10.5. The van der Waals surface area contributed by atoms with Crippen molar-refractivity contribution < 1.29 is 4.74 Å². The quantitative estimate of drug-likeness (QED) is 0.822. The van der Waals surface area contributed by atoms with Crippen LogP contribution in [0.4, 0.5) is 0 Å². The second kappa shape index (κ2) is 5.40. The van der Waals surface area contributed by atoms with Crippen LogP contribution < -0.4 is 10.5 Å². The molecule has 0 aliphatic carbocycles. The molecular weight excluding hydrogens is 218 g/mol. The summed E-state index contributed by atoms with van der Waals surface area (Å²) in [4.78, 5) is 0. The van der Waals surface area contributed by atoms with Crippen LogP contribution in [-0.4, -0.2) is 33.9 Å². The lowest BCUT2D eigenvalue weighted by molar-refractivity contribution is 0.415. The van der Waals surface area contributed by atoms with Gasteiger partial charge in [-0.15, -0.1) is 5.10 Å². The molecule has 17 heavy (non-hydrogen) atoms. The first-order valence-corrected chi connectivity index (χ1v) is 5.46. The van der Waals surface area contributed by atoms with E-state index in [2.05, 4.69) is 15.5 Å². The number of benzene rings is 1. The fraction of sp³-hybridized carbons (Fsp3) is 0.364. The fourth-order valence-corrected chi connectivity index (χ4v) is 1.62. The number of nitrogens with zero attached hydrogens (tertiary/aromatic N) is 4. The van der Waals surface area contributed by atoms with Gasteiger partial charge in [0.05, 0.1) is 12.7 Å². The third kappa shape index (κ3) is 2.42. The minimum atomic E-state index is 0.616. The summed E-state index contributed by atoms with van der Waals surface area (Å²) in [5, 5.41) is 11.7. The van der Waals surface area contributed by atoms with Gasteiger partial charge in [-0.25, -0.2) is 4.68 Å². The van der Waals surface area contributed by atoms with Gasteiger partial charge in [0.25, 0.3) is 0 Å². The topological polar surface area (TPSA) is 78.9 Å². The highest BCUT2D eigenvalue weighted by Crippen LogP contribution is 2.27. The maximum absolute atomic E-state index is 5.48. The smallest absolute Gasteiger partial charge is 0.185 e. The summed E-state index contributed by atoms with van der Waals surface area (Å²) in [6.45, 7) is 1.32. The molecule has 0 atom stereocenters. The zero-order valence-electron chi connectivity index (χ0n) is 9.71. The van der Waals surface area contributed by atoms with Gasteiger partial charge in [-0.1, -0.05) is 12.1 Å². The van der Waals surface area contributed by atoms with Crippen molar-refractivity contribution >= 4 is 0 Å². The standard InChI is InChI=1S/C11H15N5O/c1-17-10-6-3-2-5-9(10)11-13-14-15-16(11)8-4-7-12/h2-3,5-6H,4,7-8,12H2,1H3. The van der Waals surface area contributed by atoms with E-state index in [1.165, 1.54) is 0 Å². The zero-order valence-corrected chi connectivity index (χ0v) is 9.71. The monoisotopic (exact) mass is 233 g/mol. The molecule has 6 nitrogen and oxygen atoms in total. The molecule has 0 saturated carbocycles. The van der Waals surface area contributed by atoms with Crippen molar-refractivity contribution in [1.82, 2.24) is 20.2 Å². The Kier molecular flexibility index (Phi) is 3.66. The number of hydrogen-bond donors (Lipinski definition) is 1. The lowest BCUT2D eigenvalue weighted by atomic mass is 10.2. The van der Waals surface area contributed by atoms with Crippen molar-refractivity contribution in [3.8, 4) is 17.1 Å². The molecule has 2 aromatic rings. The summed E-state index contributed by atoms with van der Waals surface area (Å²) in [6, 6.07) is 7.66. The van der Waals surface area contributed by atoms with E-state index in [-0.39, 0.29) is 0 Å². The Hall–Kier alpha value is -1.95. The number of aryl methyl sites for hydroxylation is 1. The van der Waals surface area contributed by atoms with Crippen molar-refractivity contribution in [2.24, 2.45) is 5.73 Å². The Morgan fingerprint density at radius 2 is 2.18 bits per heavy atom. The molecule has 0 unspecified atom stereocenters. The highest BCUT2D eigenvalue weighted by molar-refractivity contribution is 5.63. The van der Waals surface area contributed by atoms with Crippen LogP contribution in [0.25, 0.3) is 11.4 Å². The van der Waals surface area contributed by atoms with Crippen molar-refractivity contribution in [2.45, 2.75) is 13.0 Å². The molecule has 90 valence electrons. The Labute approximate surface area is 99.4 Å². The zero-order chi connectivity index (χ0) is 12.1. The molecule has 0 bridgehead atoms. The minimum absolute atomic E-state index is 0.616. The highest BCUT2D eigenvalue weighted by Gasteiger charge is 2.12. The van der Waals surface area contributed by atoms with E-state index in [0.717, 1.165) is 17.7 Å². The first-order valence-electron chi connectivity index (χ1n) is 5.46. The molecule has 0 saturated heterocycles. The van der Waals surface area contributed by atoms with Crippen molar-refractivity contribution in [3.63, 3.8) is 0 Å². The first kappa shape index (κ1) is 11.5. The Bertz CT molecular complexity index is 482. The minimum Gasteiger partial charge on any atom is -0.496 e. The number of ether oxygens (including phenoxy) is 1. The summed E-state index contributed by atoms with van der Waals surface area (Å²) in [5.41, 5.74) is 6.37. The molecule has 0 fully saturated rings. The maximum atomic E-state index is 5.48.